The van der Waals surface area contributed by atoms with Gasteiger partial charge < -0.3 is 0 Å². The minimum absolute atomic E-state index is 0.130. The van der Waals surface area contributed by atoms with Gasteiger partial charge in [0.25, 0.3) is 0 Å². The molecule has 4 nitrogen and oxygen atoms in total. The van der Waals surface area contributed by atoms with E-state index in [4.69, 9.17) is 10.5 Å². The fourth-order valence-corrected chi connectivity index (χ4v) is 1.46. The second kappa shape index (κ2) is 5.46. The molecular weight excluding hydrogens is 240 g/mol. The summed E-state index contributed by atoms with van der Waals surface area (Å²) in [5.74, 6) is -0.563. The van der Waals surface area contributed by atoms with Crippen molar-refractivity contribution < 1.29 is 9.59 Å². The molecule has 0 saturated carbocycles. The molecule has 1 aromatic rings. The highest BCUT2D eigenvalue weighted by Crippen LogP contribution is 2.20. The summed E-state index contributed by atoms with van der Waals surface area (Å²) in [6.07, 6.45) is -0.232. The molecule has 0 atom stereocenters. The summed E-state index contributed by atoms with van der Waals surface area (Å²) in [4.78, 5) is 23.8. The standard InChI is InChI=1S/C15H14N2O2/c1-15(2,3)14(19)7-13(18)12-5-4-10(8-16)6-11(12)9-17/h4-6H,7H2,1-3H3. The van der Waals surface area contributed by atoms with Gasteiger partial charge in [0, 0.05) is 11.0 Å². The fraction of sp³-hybridized carbons (Fsp3) is 0.333. The predicted molar refractivity (Wildman–Crippen MR) is 69.3 cm³/mol. The van der Waals surface area contributed by atoms with E-state index in [9.17, 15) is 9.59 Å². The Kier molecular flexibility index (Phi) is 4.19. The third-order valence-corrected chi connectivity index (χ3v) is 2.73. The zero-order chi connectivity index (χ0) is 14.6. The number of hydrogen-bond acceptors (Lipinski definition) is 4. The molecule has 0 spiro atoms. The maximum atomic E-state index is 12.0. The van der Waals surface area contributed by atoms with Crippen molar-refractivity contribution in [2.45, 2.75) is 27.2 Å². The minimum atomic E-state index is -0.588. The fourth-order valence-electron chi connectivity index (χ4n) is 1.46. The molecule has 0 unspecified atom stereocenters. The molecule has 0 saturated heterocycles. The van der Waals surface area contributed by atoms with Crippen LogP contribution in [0, 0.1) is 28.1 Å². The minimum Gasteiger partial charge on any atom is -0.299 e. The van der Waals surface area contributed by atoms with Gasteiger partial charge in [0.2, 0.25) is 0 Å². The van der Waals surface area contributed by atoms with Gasteiger partial charge in [-0.25, -0.2) is 0 Å². The SMILES string of the molecule is CC(C)(C)C(=O)CC(=O)c1ccc(C#N)cc1C#N. The number of hydrogen-bond donors (Lipinski definition) is 0. The van der Waals surface area contributed by atoms with Gasteiger partial charge in [0.05, 0.1) is 29.7 Å². The normalized spacial score (nSPS) is 10.4. The summed E-state index contributed by atoms with van der Waals surface area (Å²) in [7, 11) is 0. The molecule has 0 aromatic heterocycles. The van der Waals surface area contributed by atoms with Gasteiger partial charge >= 0.3 is 0 Å². The highest BCUT2D eigenvalue weighted by Gasteiger charge is 2.25. The Hall–Kier alpha value is -2.46. The molecule has 0 fully saturated rings. The third-order valence-electron chi connectivity index (χ3n) is 2.73. The maximum absolute atomic E-state index is 12.0. The van der Waals surface area contributed by atoms with E-state index in [2.05, 4.69) is 0 Å². The van der Waals surface area contributed by atoms with E-state index in [0.717, 1.165) is 0 Å². The number of rotatable bonds is 3. The number of nitrogens with zero attached hydrogens (tertiary/aromatic N) is 2. The number of nitriles is 2. The molecule has 0 amide bonds. The summed E-state index contributed by atoms with van der Waals surface area (Å²) in [5.41, 5.74) is 0.0508. The quantitative estimate of drug-likeness (QED) is 0.613. The lowest BCUT2D eigenvalue weighted by Gasteiger charge is -2.15. The van der Waals surface area contributed by atoms with Gasteiger partial charge in [-0.3, -0.25) is 9.59 Å². The van der Waals surface area contributed by atoms with E-state index >= 15 is 0 Å². The second-order valence-corrected chi connectivity index (χ2v) is 5.26. The van der Waals surface area contributed by atoms with Crippen LogP contribution in [0.4, 0.5) is 0 Å². The highest BCUT2D eigenvalue weighted by atomic mass is 16.1. The smallest absolute Gasteiger partial charge is 0.171 e. The van der Waals surface area contributed by atoms with Crippen molar-refractivity contribution >= 4 is 11.6 Å². The molecule has 0 aliphatic carbocycles. The molecule has 0 radical (unpaired) electrons. The van der Waals surface area contributed by atoms with Gasteiger partial charge in [-0.15, -0.1) is 0 Å². The lowest BCUT2D eigenvalue weighted by molar-refractivity contribution is -0.125. The first-order chi connectivity index (χ1) is 8.79. The predicted octanol–water partition coefficient (Wildman–Crippen LogP) is 2.62. The van der Waals surface area contributed by atoms with Crippen LogP contribution in [-0.2, 0) is 4.79 Å². The van der Waals surface area contributed by atoms with Crippen LogP contribution < -0.4 is 0 Å². The van der Waals surface area contributed by atoms with Crippen LogP contribution in [-0.4, -0.2) is 11.6 Å². The van der Waals surface area contributed by atoms with Crippen LogP contribution in [0.15, 0.2) is 18.2 Å². The van der Waals surface area contributed by atoms with Gasteiger partial charge in [0.1, 0.15) is 5.78 Å². The van der Waals surface area contributed by atoms with Gasteiger partial charge in [0.15, 0.2) is 5.78 Å². The van der Waals surface area contributed by atoms with E-state index in [-0.39, 0.29) is 29.1 Å². The number of Topliss-reactive ketones (excluding diaryl/α,β-unsaturated/α-hetero) is 2. The van der Waals surface area contributed by atoms with E-state index in [1.807, 2.05) is 12.1 Å². The van der Waals surface area contributed by atoms with Crippen molar-refractivity contribution in [3.63, 3.8) is 0 Å². The summed E-state index contributed by atoms with van der Waals surface area (Å²) >= 11 is 0. The lowest BCUT2D eigenvalue weighted by atomic mass is 9.86. The highest BCUT2D eigenvalue weighted by molar-refractivity contribution is 6.10. The molecule has 0 aliphatic heterocycles. The van der Waals surface area contributed by atoms with Crippen molar-refractivity contribution in [3.05, 3.63) is 34.9 Å². The number of benzene rings is 1. The Bertz CT molecular complexity index is 611. The van der Waals surface area contributed by atoms with Gasteiger partial charge in [-0.2, -0.15) is 10.5 Å². The Morgan fingerprint density at radius 1 is 1.16 bits per heavy atom. The molecule has 0 bridgehead atoms. The Morgan fingerprint density at radius 2 is 1.79 bits per heavy atom. The zero-order valence-electron chi connectivity index (χ0n) is 11.2. The van der Waals surface area contributed by atoms with Crippen LogP contribution in [0.3, 0.4) is 0 Å². The van der Waals surface area contributed by atoms with Crippen molar-refractivity contribution in [2.75, 3.05) is 0 Å². The first-order valence-electron chi connectivity index (χ1n) is 5.80. The molecule has 0 heterocycles. The van der Waals surface area contributed by atoms with Gasteiger partial charge in [-0.05, 0) is 18.2 Å². The van der Waals surface area contributed by atoms with Crippen molar-refractivity contribution in [3.8, 4) is 12.1 Å². The summed E-state index contributed by atoms with van der Waals surface area (Å²) in [6, 6.07) is 8.03. The zero-order valence-corrected chi connectivity index (χ0v) is 11.2. The maximum Gasteiger partial charge on any atom is 0.171 e. The molecule has 19 heavy (non-hydrogen) atoms. The second-order valence-electron chi connectivity index (χ2n) is 5.26. The number of carbonyl (C=O) groups excluding carboxylic acids is 2. The van der Waals surface area contributed by atoms with Crippen molar-refractivity contribution in [2.24, 2.45) is 5.41 Å². The van der Waals surface area contributed by atoms with E-state index < -0.39 is 5.41 Å². The summed E-state index contributed by atoms with van der Waals surface area (Å²) < 4.78 is 0. The third kappa shape index (κ3) is 3.50. The van der Waals surface area contributed by atoms with Crippen LogP contribution in [0.25, 0.3) is 0 Å². The first kappa shape index (κ1) is 14.6. The monoisotopic (exact) mass is 254 g/mol. The Balaban J connectivity index is 3.06. The first-order valence-corrected chi connectivity index (χ1v) is 5.80. The molecule has 4 heteroatoms. The lowest BCUT2D eigenvalue weighted by Crippen LogP contribution is -2.23. The van der Waals surface area contributed by atoms with Gasteiger partial charge in [-0.1, -0.05) is 20.8 Å². The molecule has 0 aliphatic rings. The Morgan fingerprint density at radius 3 is 2.26 bits per heavy atom. The summed E-state index contributed by atoms with van der Waals surface area (Å²) in [5, 5.41) is 17.7. The molecule has 0 N–H and O–H groups in total. The number of ketones is 2. The van der Waals surface area contributed by atoms with E-state index in [0.29, 0.717) is 5.56 Å². The largest absolute Gasteiger partial charge is 0.299 e. The molecular formula is C15H14N2O2. The van der Waals surface area contributed by atoms with Crippen LogP contribution in [0.5, 0.6) is 0 Å². The average Bonchev–Trinajstić information content (AvgIpc) is 2.36. The van der Waals surface area contributed by atoms with E-state index in [1.165, 1.54) is 18.2 Å². The number of carbonyl (C=O) groups is 2. The summed E-state index contributed by atoms with van der Waals surface area (Å²) in [6.45, 7) is 5.23. The topological polar surface area (TPSA) is 81.7 Å². The van der Waals surface area contributed by atoms with Crippen LogP contribution >= 0.6 is 0 Å². The van der Waals surface area contributed by atoms with E-state index in [1.54, 1.807) is 20.8 Å². The molecule has 96 valence electrons. The van der Waals surface area contributed by atoms with Crippen molar-refractivity contribution in [1.29, 1.82) is 10.5 Å². The molecule has 1 aromatic carbocycles. The Labute approximate surface area is 112 Å². The molecule has 1 rings (SSSR count). The average molecular weight is 254 g/mol. The van der Waals surface area contributed by atoms with Crippen LogP contribution in [0.2, 0.25) is 0 Å². The van der Waals surface area contributed by atoms with Crippen molar-refractivity contribution in [1.82, 2.24) is 0 Å². The van der Waals surface area contributed by atoms with Crippen LogP contribution in [0.1, 0.15) is 48.7 Å².